The third-order valence-corrected chi connectivity index (χ3v) is 4.68. The maximum atomic E-state index is 12.0. The number of nitro groups is 1. The molecule has 0 aliphatic carbocycles. The number of nitro benzene ring substituents is 1. The summed E-state index contributed by atoms with van der Waals surface area (Å²) in [5.41, 5.74) is 2.59. The van der Waals surface area contributed by atoms with Crippen molar-refractivity contribution in [3.8, 4) is 11.5 Å². The largest absolute Gasteiger partial charge is 0.490 e. The normalized spacial score (nSPS) is 10.8. The number of carbonyl (C=O) groups is 1. The minimum Gasteiger partial charge on any atom is -0.490 e. The predicted molar refractivity (Wildman–Crippen MR) is 113 cm³/mol. The Kier molecular flexibility index (Phi) is 6.40. The number of amides is 1. The molecular formula is C20H16BrN3O5. The molecule has 0 spiro atoms. The van der Waals surface area contributed by atoms with Gasteiger partial charge >= 0.3 is 5.69 Å². The van der Waals surface area contributed by atoms with Gasteiger partial charge in [0.05, 0.1) is 18.2 Å². The molecule has 0 atom stereocenters. The zero-order valence-electron chi connectivity index (χ0n) is 15.3. The number of hydrazone groups is 1. The molecule has 0 radical (unpaired) electrons. The summed E-state index contributed by atoms with van der Waals surface area (Å²) in [6.07, 6.45) is 1.30. The van der Waals surface area contributed by atoms with Crippen LogP contribution in [0.4, 0.5) is 5.69 Å². The summed E-state index contributed by atoms with van der Waals surface area (Å²) >= 11 is 3.49. The summed E-state index contributed by atoms with van der Waals surface area (Å²) in [7, 11) is 1.35. The van der Waals surface area contributed by atoms with Gasteiger partial charge in [-0.15, -0.1) is 0 Å². The Morgan fingerprint density at radius 1 is 1.17 bits per heavy atom. The highest BCUT2D eigenvalue weighted by Gasteiger charge is 2.14. The van der Waals surface area contributed by atoms with Gasteiger partial charge in [0.1, 0.15) is 5.75 Å². The minimum absolute atomic E-state index is 0.145. The standard InChI is InChI=1S/C20H16BrN3O5/c1-28-19-8-6-13(10-17(19)24(26)27)11-22-23-20(25)12-29-18-9-7-16(21)14-4-2-3-5-15(14)18/h2-11H,12H2,1H3,(H,23,25)/b22-11-. The van der Waals surface area contributed by atoms with Crippen molar-refractivity contribution in [3.05, 3.63) is 74.7 Å². The minimum atomic E-state index is -0.550. The van der Waals surface area contributed by atoms with Crippen LogP contribution in [-0.2, 0) is 4.79 Å². The Morgan fingerprint density at radius 2 is 1.90 bits per heavy atom. The number of hydrogen-bond donors (Lipinski definition) is 1. The van der Waals surface area contributed by atoms with Gasteiger partial charge in [0.2, 0.25) is 0 Å². The fourth-order valence-corrected chi connectivity index (χ4v) is 3.12. The Hall–Kier alpha value is -3.46. The summed E-state index contributed by atoms with van der Waals surface area (Å²) < 4.78 is 11.5. The zero-order valence-corrected chi connectivity index (χ0v) is 16.9. The molecule has 0 fully saturated rings. The van der Waals surface area contributed by atoms with Crippen molar-refractivity contribution in [1.29, 1.82) is 0 Å². The van der Waals surface area contributed by atoms with E-state index in [2.05, 4.69) is 26.5 Å². The topological polar surface area (TPSA) is 103 Å². The molecule has 9 heteroatoms. The van der Waals surface area contributed by atoms with Crippen molar-refractivity contribution >= 4 is 44.5 Å². The van der Waals surface area contributed by atoms with Gasteiger partial charge in [-0.3, -0.25) is 14.9 Å². The van der Waals surface area contributed by atoms with E-state index in [9.17, 15) is 14.9 Å². The van der Waals surface area contributed by atoms with Crippen LogP contribution in [0.5, 0.6) is 11.5 Å². The van der Waals surface area contributed by atoms with E-state index in [0.717, 1.165) is 15.2 Å². The van der Waals surface area contributed by atoms with Crippen molar-refractivity contribution in [3.63, 3.8) is 0 Å². The lowest BCUT2D eigenvalue weighted by atomic mass is 10.1. The molecule has 8 nitrogen and oxygen atoms in total. The van der Waals surface area contributed by atoms with Crippen molar-refractivity contribution in [2.45, 2.75) is 0 Å². The van der Waals surface area contributed by atoms with Crippen LogP contribution >= 0.6 is 15.9 Å². The van der Waals surface area contributed by atoms with Gasteiger partial charge in [0, 0.05) is 21.5 Å². The monoisotopic (exact) mass is 457 g/mol. The van der Waals surface area contributed by atoms with Crippen molar-refractivity contribution in [2.24, 2.45) is 5.10 Å². The molecule has 3 aromatic rings. The second-order valence-corrected chi connectivity index (χ2v) is 6.72. The molecular weight excluding hydrogens is 442 g/mol. The molecule has 3 rings (SSSR count). The number of ether oxygens (including phenoxy) is 2. The molecule has 0 unspecified atom stereocenters. The van der Waals surface area contributed by atoms with E-state index in [1.54, 1.807) is 12.1 Å². The first-order valence-electron chi connectivity index (χ1n) is 8.44. The number of carbonyl (C=O) groups excluding carboxylic acids is 1. The second kappa shape index (κ2) is 9.16. The van der Waals surface area contributed by atoms with Crippen LogP contribution in [0.3, 0.4) is 0 Å². The molecule has 0 aliphatic heterocycles. The smallest absolute Gasteiger partial charge is 0.311 e. The van der Waals surface area contributed by atoms with Crippen LogP contribution in [0, 0.1) is 10.1 Å². The predicted octanol–water partition coefficient (Wildman–Crippen LogP) is 4.05. The van der Waals surface area contributed by atoms with Crippen LogP contribution in [-0.4, -0.2) is 30.8 Å². The summed E-state index contributed by atoms with van der Waals surface area (Å²) in [6, 6.07) is 15.6. The van der Waals surface area contributed by atoms with Crippen LogP contribution < -0.4 is 14.9 Å². The molecule has 0 heterocycles. The Balaban J connectivity index is 1.62. The summed E-state index contributed by atoms with van der Waals surface area (Å²) in [5, 5.41) is 16.7. The molecule has 0 saturated carbocycles. The van der Waals surface area contributed by atoms with E-state index in [1.165, 1.54) is 25.5 Å². The van der Waals surface area contributed by atoms with Gasteiger partial charge in [-0.2, -0.15) is 5.10 Å². The van der Waals surface area contributed by atoms with Gasteiger partial charge in [-0.25, -0.2) is 5.43 Å². The number of nitrogens with one attached hydrogen (secondary N) is 1. The van der Waals surface area contributed by atoms with E-state index >= 15 is 0 Å². The fourth-order valence-electron chi connectivity index (χ4n) is 2.64. The molecule has 0 aromatic heterocycles. The van der Waals surface area contributed by atoms with E-state index < -0.39 is 10.8 Å². The number of methoxy groups -OCH3 is 1. The molecule has 29 heavy (non-hydrogen) atoms. The maximum absolute atomic E-state index is 12.0. The van der Waals surface area contributed by atoms with Gasteiger partial charge < -0.3 is 9.47 Å². The second-order valence-electron chi connectivity index (χ2n) is 5.86. The molecule has 0 aliphatic rings. The number of nitrogens with zero attached hydrogens (tertiary/aromatic N) is 2. The lowest BCUT2D eigenvalue weighted by Crippen LogP contribution is -2.24. The van der Waals surface area contributed by atoms with Crippen molar-refractivity contribution < 1.29 is 19.2 Å². The number of rotatable bonds is 7. The Bertz CT molecular complexity index is 1100. The van der Waals surface area contributed by atoms with E-state index in [1.807, 2.05) is 30.3 Å². The van der Waals surface area contributed by atoms with Crippen LogP contribution in [0.2, 0.25) is 0 Å². The molecule has 148 valence electrons. The van der Waals surface area contributed by atoms with Gasteiger partial charge in [-0.1, -0.05) is 40.2 Å². The number of benzene rings is 3. The highest BCUT2D eigenvalue weighted by Crippen LogP contribution is 2.31. The van der Waals surface area contributed by atoms with Gasteiger partial charge in [-0.05, 0) is 29.7 Å². The first kappa shape index (κ1) is 20.3. The molecule has 0 bridgehead atoms. The molecule has 1 amide bonds. The van der Waals surface area contributed by atoms with E-state index in [4.69, 9.17) is 9.47 Å². The first-order valence-corrected chi connectivity index (χ1v) is 9.23. The third kappa shape index (κ3) is 4.88. The maximum Gasteiger partial charge on any atom is 0.311 e. The quantitative estimate of drug-likeness (QED) is 0.327. The third-order valence-electron chi connectivity index (χ3n) is 3.99. The zero-order chi connectivity index (χ0) is 20.8. The van der Waals surface area contributed by atoms with Crippen LogP contribution in [0.25, 0.3) is 10.8 Å². The average Bonchev–Trinajstić information content (AvgIpc) is 2.73. The SMILES string of the molecule is COc1ccc(/C=N\NC(=O)COc2ccc(Br)c3ccccc23)cc1[N+](=O)[O-]. The fraction of sp³-hybridized carbons (Fsp3) is 0.100. The number of hydrogen-bond acceptors (Lipinski definition) is 6. The summed E-state index contributed by atoms with van der Waals surface area (Å²) in [6.45, 7) is -0.230. The number of halogens is 1. The average molecular weight is 458 g/mol. The van der Waals surface area contributed by atoms with E-state index in [0.29, 0.717) is 11.3 Å². The highest BCUT2D eigenvalue weighted by atomic mass is 79.9. The van der Waals surface area contributed by atoms with Crippen molar-refractivity contribution in [1.82, 2.24) is 5.43 Å². The Morgan fingerprint density at radius 3 is 2.62 bits per heavy atom. The first-order chi connectivity index (χ1) is 14.0. The molecule has 1 N–H and O–H groups in total. The molecule has 0 saturated heterocycles. The summed E-state index contributed by atoms with van der Waals surface area (Å²) in [4.78, 5) is 22.5. The van der Waals surface area contributed by atoms with Crippen LogP contribution in [0.1, 0.15) is 5.56 Å². The lowest BCUT2D eigenvalue weighted by Gasteiger charge is -2.09. The highest BCUT2D eigenvalue weighted by molar-refractivity contribution is 9.10. The van der Waals surface area contributed by atoms with Crippen molar-refractivity contribution in [2.75, 3.05) is 13.7 Å². The number of fused-ring (bicyclic) bond motifs is 1. The van der Waals surface area contributed by atoms with Gasteiger partial charge in [0.25, 0.3) is 5.91 Å². The van der Waals surface area contributed by atoms with Crippen LogP contribution in [0.15, 0.2) is 64.2 Å². The van der Waals surface area contributed by atoms with Gasteiger partial charge in [0.15, 0.2) is 12.4 Å². The lowest BCUT2D eigenvalue weighted by molar-refractivity contribution is -0.385. The van der Waals surface area contributed by atoms with E-state index in [-0.39, 0.29) is 18.0 Å². The Labute approximate surface area is 174 Å². The molecule has 3 aromatic carbocycles. The summed E-state index contributed by atoms with van der Waals surface area (Å²) in [5.74, 6) is 0.260.